The van der Waals surface area contributed by atoms with Crippen LogP contribution < -0.4 is 10.1 Å². The van der Waals surface area contributed by atoms with Gasteiger partial charge in [0.1, 0.15) is 5.75 Å². The van der Waals surface area contributed by atoms with Gasteiger partial charge in [0.15, 0.2) is 0 Å². The van der Waals surface area contributed by atoms with Crippen LogP contribution >= 0.6 is 11.6 Å². The van der Waals surface area contributed by atoms with Crippen molar-refractivity contribution in [3.63, 3.8) is 0 Å². The largest absolute Gasteiger partial charge is 0.491 e. The molecule has 16 heavy (non-hydrogen) atoms. The van der Waals surface area contributed by atoms with Crippen LogP contribution in [0, 0.1) is 0 Å². The van der Waals surface area contributed by atoms with Crippen LogP contribution in [0.5, 0.6) is 5.75 Å². The van der Waals surface area contributed by atoms with E-state index in [1.165, 1.54) is 0 Å². The first kappa shape index (κ1) is 13.3. The molecule has 0 saturated heterocycles. The molecule has 0 aliphatic carbocycles. The van der Waals surface area contributed by atoms with Crippen LogP contribution in [0.2, 0.25) is 5.02 Å². The number of rotatable bonds is 5. The number of nitrogens with one attached hydrogen (secondary N) is 1. The standard InChI is InChI=1S/C13H20ClNO/c1-9(2)15-8-11-7-12(14)5-6-13(11)16-10(3)4/h5-7,9-10,15H,8H2,1-4H3. The summed E-state index contributed by atoms with van der Waals surface area (Å²) in [6, 6.07) is 6.19. The highest BCUT2D eigenvalue weighted by Gasteiger charge is 2.07. The highest BCUT2D eigenvalue weighted by molar-refractivity contribution is 6.30. The van der Waals surface area contributed by atoms with E-state index in [1.54, 1.807) is 0 Å². The summed E-state index contributed by atoms with van der Waals surface area (Å²) in [6.45, 7) is 9.06. The predicted molar refractivity (Wildman–Crippen MR) is 69.2 cm³/mol. The van der Waals surface area contributed by atoms with Crippen molar-refractivity contribution in [2.75, 3.05) is 0 Å². The third-order valence-electron chi connectivity index (χ3n) is 2.09. The van der Waals surface area contributed by atoms with Crippen LogP contribution in [-0.4, -0.2) is 12.1 Å². The van der Waals surface area contributed by atoms with Gasteiger partial charge in [-0.05, 0) is 32.0 Å². The zero-order valence-electron chi connectivity index (χ0n) is 10.4. The fourth-order valence-corrected chi connectivity index (χ4v) is 1.56. The first-order valence-electron chi connectivity index (χ1n) is 5.67. The van der Waals surface area contributed by atoms with Gasteiger partial charge in [-0.15, -0.1) is 0 Å². The molecule has 0 radical (unpaired) electrons. The van der Waals surface area contributed by atoms with E-state index in [-0.39, 0.29) is 6.10 Å². The Balaban J connectivity index is 2.81. The predicted octanol–water partition coefficient (Wildman–Crippen LogP) is 3.63. The molecular weight excluding hydrogens is 222 g/mol. The number of hydrogen-bond acceptors (Lipinski definition) is 2. The van der Waals surface area contributed by atoms with Gasteiger partial charge < -0.3 is 10.1 Å². The smallest absolute Gasteiger partial charge is 0.124 e. The minimum Gasteiger partial charge on any atom is -0.491 e. The number of ether oxygens (including phenoxy) is 1. The Morgan fingerprint density at radius 2 is 1.94 bits per heavy atom. The summed E-state index contributed by atoms with van der Waals surface area (Å²) in [5.74, 6) is 0.910. The Hall–Kier alpha value is -0.730. The molecular formula is C13H20ClNO. The second-order valence-corrected chi connectivity index (χ2v) is 4.89. The van der Waals surface area contributed by atoms with Crippen LogP contribution in [0.3, 0.4) is 0 Å². The molecule has 0 bridgehead atoms. The Morgan fingerprint density at radius 1 is 1.25 bits per heavy atom. The van der Waals surface area contributed by atoms with Crippen molar-refractivity contribution in [1.29, 1.82) is 0 Å². The van der Waals surface area contributed by atoms with Crippen molar-refractivity contribution >= 4 is 11.6 Å². The summed E-state index contributed by atoms with van der Waals surface area (Å²) in [5, 5.41) is 4.11. The normalized spacial score (nSPS) is 11.2. The van der Waals surface area contributed by atoms with Gasteiger partial charge in [0.25, 0.3) is 0 Å². The Labute approximate surface area is 103 Å². The molecule has 0 aliphatic heterocycles. The molecule has 0 unspecified atom stereocenters. The third kappa shape index (κ3) is 4.42. The van der Waals surface area contributed by atoms with E-state index in [0.717, 1.165) is 22.9 Å². The van der Waals surface area contributed by atoms with Crippen LogP contribution in [0.4, 0.5) is 0 Å². The average molecular weight is 242 g/mol. The molecule has 0 saturated carbocycles. The Kier molecular flexibility index (Phi) is 5.10. The lowest BCUT2D eigenvalue weighted by Gasteiger charge is -2.16. The first-order valence-corrected chi connectivity index (χ1v) is 6.05. The van der Waals surface area contributed by atoms with Crippen molar-refractivity contribution in [1.82, 2.24) is 5.32 Å². The fraction of sp³-hybridized carbons (Fsp3) is 0.538. The topological polar surface area (TPSA) is 21.3 Å². The Bertz CT molecular complexity index is 337. The molecule has 1 aromatic rings. The van der Waals surface area contributed by atoms with Crippen molar-refractivity contribution < 1.29 is 4.74 Å². The van der Waals surface area contributed by atoms with E-state index < -0.39 is 0 Å². The van der Waals surface area contributed by atoms with E-state index in [2.05, 4.69) is 19.2 Å². The summed E-state index contributed by atoms with van der Waals surface area (Å²) >= 11 is 5.99. The van der Waals surface area contributed by atoms with Crippen molar-refractivity contribution in [3.8, 4) is 5.75 Å². The maximum atomic E-state index is 5.99. The van der Waals surface area contributed by atoms with Crippen molar-refractivity contribution in [3.05, 3.63) is 28.8 Å². The molecule has 90 valence electrons. The summed E-state index contributed by atoms with van der Waals surface area (Å²) in [6.07, 6.45) is 0.180. The van der Waals surface area contributed by atoms with Crippen molar-refractivity contribution in [2.24, 2.45) is 0 Å². The monoisotopic (exact) mass is 241 g/mol. The average Bonchev–Trinajstić information content (AvgIpc) is 2.17. The third-order valence-corrected chi connectivity index (χ3v) is 2.32. The zero-order chi connectivity index (χ0) is 12.1. The second-order valence-electron chi connectivity index (χ2n) is 4.45. The highest BCUT2D eigenvalue weighted by atomic mass is 35.5. The summed E-state index contributed by atoms with van der Waals surface area (Å²) < 4.78 is 5.73. The van der Waals surface area contributed by atoms with E-state index in [0.29, 0.717) is 6.04 Å². The van der Waals surface area contributed by atoms with Crippen LogP contribution in [0.25, 0.3) is 0 Å². The van der Waals surface area contributed by atoms with Gasteiger partial charge >= 0.3 is 0 Å². The van der Waals surface area contributed by atoms with Gasteiger partial charge in [-0.2, -0.15) is 0 Å². The molecule has 1 N–H and O–H groups in total. The quantitative estimate of drug-likeness (QED) is 0.850. The molecule has 0 spiro atoms. The van der Waals surface area contributed by atoms with Crippen LogP contribution in [0.1, 0.15) is 33.3 Å². The number of halogens is 1. The molecule has 2 nitrogen and oxygen atoms in total. The Morgan fingerprint density at radius 3 is 2.50 bits per heavy atom. The highest BCUT2D eigenvalue weighted by Crippen LogP contribution is 2.23. The molecule has 0 heterocycles. The lowest BCUT2D eigenvalue weighted by atomic mass is 10.2. The van der Waals surface area contributed by atoms with Crippen LogP contribution in [0.15, 0.2) is 18.2 Å². The van der Waals surface area contributed by atoms with E-state index in [1.807, 2.05) is 32.0 Å². The second kappa shape index (κ2) is 6.12. The van der Waals surface area contributed by atoms with Gasteiger partial charge in [-0.1, -0.05) is 25.4 Å². The van der Waals surface area contributed by atoms with Gasteiger partial charge in [-0.25, -0.2) is 0 Å². The SMILES string of the molecule is CC(C)NCc1cc(Cl)ccc1OC(C)C. The molecule has 1 rings (SSSR count). The molecule has 0 amide bonds. The summed E-state index contributed by atoms with van der Waals surface area (Å²) in [5.41, 5.74) is 1.11. The fourth-order valence-electron chi connectivity index (χ4n) is 1.37. The molecule has 0 aliphatic rings. The summed E-state index contributed by atoms with van der Waals surface area (Å²) in [7, 11) is 0. The lowest BCUT2D eigenvalue weighted by molar-refractivity contribution is 0.239. The molecule has 0 atom stereocenters. The summed E-state index contributed by atoms with van der Waals surface area (Å²) in [4.78, 5) is 0. The van der Waals surface area contributed by atoms with Gasteiger partial charge in [0.2, 0.25) is 0 Å². The molecule has 0 aromatic heterocycles. The molecule has 1 aromatic carbocycles. The first-order chi connectivity index (χ1) is 7.49. The molecule has 3 heteroatoms. The van der Waals surface area contributed by atoms with Gasteiger partial charge in [0.05, 0.1) is 6.10 Å². The molecule has 0 fully saturated rings. The minimum absolute atomic E-state index is 0.180. The van der Waals surface area contributed by atoms with E-state index in [9.17, 15) is 0 Å². The lowest BCUT2D eigenvalue weighted by Crippen LogP contribution is -2.22. The van der Waals surface area contributed by atoms with Crippen LogP contribution in [-0.2, 0) is 6.54 Å². The zero-order valence-corrected chi connectivity index (χ0v) is 11.1. The van der Waals surface area contributed by atoms with Gasteiger partial charge in [-0.3, -0.25) is 0 Å². The minimum atomic E-state index is 0.180. The maximum absolute atomic E-state index is 5.99. The van der Waals surface area contributed by atoms with Crippen molar-refractivity contribution in [2.45, 2.75) is 46.4 Å². The maximum Gasteiger partial charge on any atom is 0.124 e. The van der Waals surface area contributed by atoms with E-state index >= 15 is 0 Å². The number of hydrogen-bond donors (Lipinski definition) is 1. The van der Waals surface area contributed by atoms with Gasteiger partial charge in [0, 0.05) is 23.2 Å². The number of benzene rings is 1. The van der Waals surface area contributed by atoms with E-state index in [4.69, 9.17) is 16.3 Å².